The second-order valence-corrected chi connectivity index (χ2v) is 10.7. The van der Waals surface area contributed by atoms with Gasteiger partial charge < -0.3 is 14.4 Å². The molecule has 1 aliphatic heterocycles. The number of thiazole rings is 1. The first-order valence-corrected chi connectivity index (χ1v) is 13.1. The van der Waals surface area contributed by atoms with Crippen LogP contribution in [0.15, 0.2) is 12.4 Å². The largest absolute Gasteiger partial charge is 0.483 e. The van der Waals surface area contributed by atoms with Gasteiger partial charge in [0.1, 0.15) is 6.61 Å². The van der Waals surface area contributed by atoms with Crippen LogP contribution in [0.5, 0.6) is 10.9 Å². The highest BCUT2D eigenvalue weighted by molar-refractivity contribution is 7.13. The SMILES string of the molecule is Cn1cc(OCC(=O)CC2CCC(CCN3CCc4nc(OCC(F)(F)F)sc4CC3)CC2)cn1. The first kappa shape index (κ1) is 25.9. The van der Waals surface area contributed by atoms with E-state index in [1.807, 2.05) is 7.05 Å². The van der Waals surface area contributed by atoms with E-state index in [0.717, 1.165) is 75.2 Å². The second-order valence-electron chi connectivity index (χ2n) is 9.65. The number of halogens is 3. The molecule has 0 aromatic carbocycles. The number of nitrogens with zero attached hydrogens (tertiary/aromatic N) is 4. The lowest BCUT2D eigenvalue weighted by molar-refractivity contribution is -0.153. The zero-order valence-electron chi connectivity index (χ0n) is 20.1. The molecule has 2 aromatic heterocycles. The highest BCUT2D eigenvalue weighted by Crippen LogP contribution is 2.34. The summed E-state index contributed by atoms with van der Waals surface area (Å²) in [5, 5.41) is 4.16. The van der Waals surface area contributed by atoms with Gasteiger partial charge in [0.05, 0.1) is 18.1 Å². The predicted octanol–water partition coefficient (Wildman–Crippen LogP) is 4.45. The molecule has 0 saturated heterocycles. The quantitative estimate of drug-likeness (QED) is 0.467. The fourth-order valence-electron chi connectivity index (χ4n) is 4.92. The van der Waals surface area contributed by atoms with Crippen molar-refractivity contribution in [2.75, 3.05) is 32.8 Å². The summed E-state index contributed by atoms with van der Waals surface area (Å²) in [5.74, 6) is 1.91. The number of ketones is 1. The summed E-state index contributed by atoms with van der Waals surface area (Å²) in [7, 11) is 1.81. The lowest BCUT2D eigenvalue weighted by Gasteiger charge is -2.30. The Morgan fingerprint density at radius 2 is 1.89 bits per heavy atom. The third-order valence-corrected chi connectivity index (χ3v) is 7.93. The highest BCUT2D eigenvalue weighted by Gasteiger charge is 2.30. The molecule has 0 N–H and O–H groups in total. The Balaban J connectivity index is 1.11. The number of carbonyl (C=O) groups is 1. The van der Waals surface area contributed by atoms with Crippen molar-refractivity contribution < 1.29 is 27.4 Å². The normalized spacial score (nSPS) is 21.4. The molecule has 1 saturated carbocycles. The number of carbonyl (C=O) groups excluding carboxylic acids is 1. The molecule has 11 heteroatoms. The maximum absolute atomic E-state index is 12.4. The Morgan fingerprint density at radius 1 is 1.14 bits per heavy atom. The summed E-state index contributed by atoms with van der Waals surface area (Å²) in [5.41, 5.74) is 0.882. The number of Topliss-reactive ketones (excluding diaryl/α,β-unsaturated/α-hetero) is 1. The number of hydrogen-bond acceptors (Lipinski definition) is 7. The molecule has 2 aliphatic rings. The van der Waals surface area contributed by atoms with Crippen molar-refractivity contribution in [2.24, 2.45) is 18.9 Å². The fraction of sp³-hybridized carbons (Fsp3) is 0.708. The molecule has 1 fully saturated rings. The molecular weight excluding hydrogens is 481 g/mol. The van der Waals surface area contributed by atoms with E-state index in [0.29, 0.717) is 24.0 Å². The van der Waals surface area contributed by atoms with Gasteiger partial charge in [-0.15, -0.1) is 0 Å². The monoisotopic (exact) mass is 514 g/mol. The van der Waals surface area contributed by atoms with Gasteiger partial charge in [-0.1, -0.05) is 24.2 Å². The number of ether oxygens (including phenoxy) is 2. The number of aryl methyl sites for hydroxylation is 1. The maximum Gasteiger partial charge on any atom is 0.422 e. The van der Waals surface area contributed by atoms with E-state index in [9.17, 15) is 18.0 Å². The molecule has 0 bridgehead atoms. The molecule has 35 heavy (non-hydrogen) atoms. The van der Waals surface area contributed by atoms with Crippen LogP contribution in [0.25, 0.3) is 0 Å². The van der Waals surface area contributed by atoms with Crippen LogP contribution in [0.3, 0.4) is 0 Å². The van der Waals surface area contributed by atoms with E-state index < -0.39 is 12.8 Å². The number of alkyl halides is 3. The van der Waals surface area contributed by atoms with E-state index in [2.05, 4.69) is 15.0 Å². The third kappa shape index (κ3) is 8.20. The maximum atomic E-state index is 12.4. The molecule has 0 spiro atoms. The number of rotatable bonds is 10. The lowest BCUT2D eigenvalue weighted by atomic mass is 9.78. The van der Waals surface area contributed by atoms with E-state index in [-0.39, 0.29) is 17.6 Å². The van der Waals surface area contributed by atoms with Crippen LogP contribution in [0.4, 0.5) is 13.2 Å². The minimum Gasteiger partial charge on any atom is -0.483 e. The van der Waals surface area contributed by atoms with E-state index >= 15 is 0 Å². The molecule has 2 aromatic rings. The van der Waals surface area contributed by atoms with Gasteiger partial charge in [0.25, 0.3) is 5.19 Å². The van der Waals surface area contributed by atoms with Crippen molar-refractivity contribution in [3.05, 3.63) is 23.0 Å². The van der Waals surface area contributed by atoms with Crippen molar-refractivity contribution in [3.8, 4) is 10.9 Å². The second kappa shape index (κ2) is 11.7. The first-order chi connectivity index (χ1) is 16.7. The van der Waals surface area contributed by atoms with Crippen molar-refractivity contribution >= 4 is 17.1 Å². The number of hydrogen-bond donors (Lipinski definition) is 0. The van der Waals surface area contributed by atoms with Crippen LogP contribution in [0.2, 0.25) is 0 Å². The Kier molecular flexibility index (Phi) is 8.69. The lowest BCUT2D eigenvalue weighted by Crippen LogP contribution is -2.30. The smallest absolute Gasteiger partial charge is 0.422 e. The molecule has 0 unspecified atom stereocenters. The van der Waals surface area contributed by atoms with Gasteiger partial charge in [0.2, 0.25) is 0 Å². The van der Waals surface area contributed by atoms with Gasteiger partial charge in [0, 0.05) is 37.9 Å². The molecule has 4 rings (SSSR count). The van der Waals surface area contributed by atoms with Crippen LogP contribution in [-0.2, 0) is 24.7 Å². The molecule has 3 heterocycles. The minimum absolute atomic E-state index is 0.108. The van der Waals surface area contributed by atoms with Crippen molar-refractivity contribution in [1.29, 1.82) is 0 Å². The highest BCUT2D eigenvalue weighted by atomic mass is 32.1. The predicted molar refractivity (Wildman–Crippen MR) is 126 cm³/mol. The first-order valence-electron chi connectivity index (χ1n) is 12.3. The molecule has 1 aliphatic carbocycles. The zero-order chi connectivity index (χ0) is 24.8. The van der Waals surface area contributed by atoms with Gasteiger partial charge in [-0.05, 0) is 44.1 Å². The number of aromatic nitrogens is 3. The molecule has 0 atom stereocenters. The summed E-state index contributed by atoms with van der Waals surface area (Å²) in [4.78, 5) is 20.1. The van der Waals surface area contributed by atoms with Crippen LogP contribution in [-0.4, -0.2) is 64.5 Å². The van der Waals surface area contributed by atoms with Gasteiger partial charge in [-0.3, -0.25) is 9.48 Å². The topological polar surface area (TPSA) is 69.5 Å². The van der Waals surface area contributed by atoms with E-state index in [4.69, 9.17) is 9.47 Å². The van der Waals surface area contributed by atoms with Crippen LogP contribution < -0.4 is 9.47 Å². The van der Waals surface area contributed by atoms with Crippen LogP contribution in [0.1, 0.15) is 49.1 Å². The molecule has 194 valence electrons. The average Bonchev–Trinajstić information content (AvgIpc) is 3.36. The molecule has 7 nitrogen and oxygen atoms in total. The summed E-state index contributed by atoms with van der Waals surface area (Å²) in [6, 6.07) is 0. The van der Waals surface area contributed by atoms with E-state index in [1.165, 1.54) is 11.3 Å². The van der Waals surface area contributed by atoms with Gasteiger partial charge >= 0.3 is 6.18 Å². The standard InChI is InChI=1S/C24H33F3N4O3S/c1-30-14-20(13-28-30)33-15-19(32)12-18-4-2-17(3-5-18)6-9-31-10-7-21-22(8-11-31)35-23(29-21)34-16-24(25,26)27/h13-14,17-18H,2-12,15-16H2,1H3. The molecule has 0 radical (unpaired) electrons. The van der Waals surface area contributed by atoms with Crippen LogP contribution in [0, 0.1) is 11.8 Å². The van der Waals surface area contributed by atoms with Crippen molar-refractivity contribution in [3.63, 3.8) is 0 Å². The Labute approximate surface area is 207 Å². The summed E-state index contributed by atoms with van der Waals surface area (Å²) >= 11 is 1.25. The summed E-state index contributed by atoms with van der Waals surface area (Å²) in [6.07, 6.45) is 6.80. The Bertz CT molecular complexity index is 944. The molecular formula is C24H33F3N4O3S. The van der Waals surface area contributed by atoms with E-state index in [1.54, 1.807) is 17.1 Å². The third-order valence-electron chi connectivity index (χ3n) is 6.86. The van der Waals surface area contributed by atoms with Crippen molar-refractivity contribution in [1.82, 2.24) is 19.7 Å². The van der Waals surface area contributed by atoms with Gasteiger partial charge in [-0.25, -0.2) is 4.98 Å². The van der Waals surface area contributed by atoms with Gasteiger partial charge in [-0.2, -0.15) is 18.3 Å². The van der Waals surface area contributed by atoms with Gasteiger partial charge in [0.15, 0.2) is 18.1 Å². The number of fused-ring (bicyclic) bond motifs is 1. The summed E-state index contributed by atoms with van der Waals surface area (Å²) in [6.45, 7) is 1.61. The van der Waals surface area contributed by atoms with Crippen LogP contribution >= 0.6 is 11.3 Å². The zero-order valence-corrected chi connectivity index (χ0v) is 20.9. The minimum atomic E-state index is -4.34. The fourth-order valence-corrected chi connectivity index (χ4v) is 5.87. The Morgan fingerprint density at radius 3 is 2.60 bits per heavy atom. The average molecular weight is 515 g/mol. The molecule has 0 amide bonds. The van der Waals surface area contributed by atoms with Crippen molar-refractivity contribution in [2.45, 2.75) is 57.5 Å². The summed E-state index contributed by atoms with van der Waals surface area (Å²) < 4.78 is 49.1. The Hall–Kier alpha value is -2.14.